The van der Waals surface area contributed by atoms with Crippen LogP contribution in [-0.2, 0) is 19.6 Å². The second kappa shape index (κ2) is 4.40. The third-order valence-corrected chi connectivity index (χ3v) is 2.29. The molecule has 0 unspecified atom stereocenters. The summed E-state index contributed by atoms with van der Waals surface area (Å²) >= 11 is 0. The molecule has 0 amide bonds. The van der Waals surface area contributed by atoms with E-state index in [4.69, 9.17) is 10.2 Å². The smallest absolute Gasteiger partial charge is 0.0688 e. The number of aryl methyl sites for hydroxylation is 2. The number of hydrogen-bond donors (Lipinski definition) is 2. The predicted molar refractivity (Wildman–Crippen MR) is 52.4 cm³/mol. The molecule has 2 heteroatoms. The van der Waals surface area contributed by atoms with E-state index in [1.54, 1.807) is 0 Å². The van der Waals surface area contributed by atoms with E-state index in [9.17, 15) is 0 Å². The molecule has 0 saturated carbocycles. The highest BCUT2D eigenvalue weighted by Gasteiger charge is 2.06. The third-order valence-electron chi connectivity index (χ3n) is 2.29. The van der Waals surface area contributed by atoms with Crippen molar-refractivity contribution < 1.29 is 10.2 Å². The molecular weight excluding hydrogens is 164 g/mol. The lowest BCUT2D eigenvalue weighted by Gasteiger charge is -2.11. The molecule has 0 saturated heterocycles. The Labute approximate surface area is 78.8 Å². The summed E-state index contributed by atoms with van der Waals surface area (Å²) in [5.74, 6) is 0. The van der Waals surface area contributed by atoms with Crippen molar-refractivity contribution in [2.45, 2.75) is 33.5 Å². The van der Waals surface area contributed by atoms with Crippen LogP contribution < -0.4 is 0 Å². The van der Waals surface area contributed by atoms with Crippen LogP contribution in [0.3, 0.4) is 0 Å². The molecule has 0 atom stereocenters. The zero-order chi connectivity index (χ0) is 9.84. The average molecular weight is 180 g/mol. The van der Waals surface area contributed by atoms with Gasteiger partial charge >= 0.3 is 0 Å². The van der Waals surface area contributed by atoms with E-state index in [1.165, 1.54) is 0 Å². The summed E-state index contributed by atoms with van der Waals surface area (Å²) < 4.78 is 0. The first kappa shape index (κ1) is 10.2. The van der Waals surface area contributed by atoms with Gasteiger partial charge < -0.3 is 10.2 Å². The monoisotopic (exact) mass is 180 g/mol. The molecule has 0 heterocycles. The molecule has 1 aromatic carbocycles. The van der Waals surface area contributed by atoms with Gasteiger partial charge in [-0.25, -0.2) is 0 Å². The number of hydrogen-bond acceptors (Lipinski definition) is 2. The Morgan fingerprint density at radius 1 is 1.08 bits per heavy atom. The van der Waals surface area contributed by atoms with Gasteiger partial charge in [0.05, 0.1) is 13.2 Å². The molecule has 0 radical (unpaired) electrons. The van der Waals surface area contributed by atoms with Crippen molar-refractivity contribution in [3.05, 3.63) is 34.4 Å². The Morgan fingerprint density at radius 2 is 1.69 bits per heavy atom. The lowest BCUT2D eigenvalue weighted by Crippen LogP contribution is -2.00. The Hall–Kier alpha value is -0.860. The van der Waals surface area contributed by atoms with Crippen LogP contribution in [0.5, 0.6) is 0 Å². The van der Waals surface area contributed by atoms with Crippen LogP contribution in [0.4, 0.5) is 0 Å². The molecule has 0 bridgehead atoms. The van der Waals surface area contributed by atoms with Crippen molar-refractivity contribution in [2.24, 2.45) is 0 Å². The van der Waals surface area contributed by atoms with Gasteiger partial charge in [-0.05, 0) is 30.0 Å². The van der Waals surface area contributed by atoms with Crippen molar-refractivity contribution in [1.82, 2.24) is 0 Å². The summed E-state index contributed by atoms with van der Waals surface area (Å²) in [6.45, 7) is 4.07. The average Bonchev–Trinajstić information content (AvgIpc) is 2.16. The van der Waals surface area contributed by atoms with Crippen molar-refractivity contribution >= 4 is 0 Å². The van der Waals surface area contributed by atoms with Crippen molar-refractivity contribution in [2.75, 3.05) is 0 Å². The molecule has 0 aliphatic heterocycles. The second-order valence-electron chi connectivity index (χ2n) is 3.23. The fourth-order valence-electron chi connectivity index (χ4n) is 1.63. The molecule has 2 nitrogen and oxygen atoms in total. The van der Waals surface area contributed by atoms with Gasteiger partial charge in [-0.1, -0.05) is 24.6 Å². The van der Waals surface area contributed by atoms with E-state index in [1.807, 2.05) is 13.0 Å². The van der Waals surface area contributed by atoms with Gasteiger partial charge in [-0.2, -0.15) is 0 Å². The van der Waals surface area contributed by atoms with Crippen molar-refractivity contribution in [1.29, 1.82) is 0 Å². The standard InChI is InChI=1S/C11H16O2/c1-3-9-4-8(2)5-10(6-12)11(9)7-13/h4-5,12-13H,3,6-7H2,1-2H3. The molecule has 0 aliphatic rings. The van der Waals surface area contributed by atoms with Crippen LogP contribution >= 0.6 is 0 Å². The van der Waals surface area contributed by atoms with E-state index >= 15 is 0 Å². The van der Waals surface area contributed by atoms with Crippen LogP contribution in [0.25, 0.3) is 0 Å². The Bertz CT molecular complexity index is 267. The normalized spacial score (nSPS) is 10.5. The zero-order valence-corrected chi connectivity index (χ0v) is 8.17. The molecule has 0 fully saturated rings. The fraction of sp³-hybridized carbons (Fsp3) is 0.455. The van der Waals surface area contributed by atoms with Gasteiger partial charge in [0.1, 0.15) is 0 Å². The second-order valence-corrected chi connectivity index (χ2v) is 3.23. The number of benzene rings is 1. The van der Waals surface area contributed by atoms with E-state index < -0.39 is 0 Å². The molecule has 0 spiro atoms. The first-order valence-electron chi connectivity index (χ1n) is 4.55. The van der Waals surface area contributed by atoms with Crippen LogP contribution in [-0.4, -0.2) is 10.2 Å². The molecule has 13 heavy (non-hydrogen) atoms. The van der Waals surface area contributed by atoms with Gasteiger partial charge in [-0.3, -0.25) is 0 Å². The van der Waals surface area contributed by atoms with Gasteiger partial charge in [0, 0.05) is 0 Å². The Balaban J connectivity index is 3.25. The highest BCUT2D eigenvalue weighted by molar-refractivity contribution is 5.38. The maximum Gasteiger partial charge on any atom is 0.0688 e. The maximum atomic E-state index is 9.14. The molecule has 72 valence electrons. The minimum Gasteiger partial charge on any atom is -0.392 e. The maximum absolute atomic E-state index is 9.14. The topological polar surface area (TPSA) is 40.5 Å². The van der Waals surface area contributed by atoms with Crippen LogP contribution in [0.15, 0.2) is 12.1 Å². The van der Waals surface area contributed by atoms with E-state index in [-0.39, 0.29) is 13.2 Å². The van der Waals surface area contributed by atoms with Crippen LogP contribution in [0.2, 0.25) is 0 Å². The van der Waals surface area contributed by atoms with Gasteiger partial charge in [0.25, 0.3) is 0 Å². The van der Waals surface area contributed by atoms with Crippen LogP contribution in [0, 0.1) is 6.92 Å². The van der Waals surface area contributed by atoms with Gasteiger partial charge in [0.15, 0.2) is 0 Å². The summed E-state index contributed by atoms with van der Waals surface area (Å²) in [6.07, 6.45) is 0.893. The van der Waals surface area contributed by atoms with Crippen molar-refractivity contribution in [3.8, 4) is 0 Å². The Kier molecular flexibility index (Phi) is 3.46. The predicted octanol–water partition coefficient (Wildman–Crippen LogP) is 1.54. The largest absolute Gasteiger partial charge is 0.392 e. The number of aliphatic hydroxyl groups excluding tert-OH is 2. The first-order valence-corrected chi connectivity index (χ1v) is 4.55. The van der Waals surface area contributed by atoms with Crippen molar-refractivity contribution in [3.63, 3.8) is 0 Å². The number of aliphatic hydroxyl groups is 2. The van der Waals surface area contributed by atoms with E-state index in [0.717, 1.165) is 28.7 Å². The SMILES string of the molecule is CCc1cc(C)cc(CO)c1CO. The van der Waals surface area contributed by atoms with E-state index in [2.05, 4.69) is 13.0 Å². The number of rotatable bonds is 3. The zero-order valence-electron chi connectivity index (χ0n) is 8.17. The quantitative estimate of drug-likeness (QED) is 0.740. The van der Waals surface area contributed by atoms with Gasteiger partial charge in [-0.15, -0.1) is 0 Å². The first-order chi connectivity index (χ1) is 6.22. The molecular formula is C11H16O2. The minimum absolute atomic E-state index is 0.00454. The molecule has 0 aliphatic carbocycles. The summed E-state index contributed by atoms with van der Waals surface area (Å²) in [5.41, 5.74) is 4.00. The Morgan fingerprint density at radius 3 is 2.15 bits per heavy atom. The molecule has 1 rings (SSSR count). The molecule has 2 N–H and O–H groups in total. The molecule has 1 aromatic rings. The lowest BCUT2D eigenvalue weighted by molar-refractivity contribution is 0.259. The summed E-state index contributed by atoms with van der Waals surface area (Å²) in [6, 6.07) is 3.98. The molecule has 0 aromatic heterocycles. The van der Waals surface area contributed by atoms with Gasteiger partial charge in [0.2, 0.25) is 0 Å². The summed E-state index contributed by atoms with van der Waals surface area (Å²) in [5, 5.41) is 18.2. The lowest BCUT2D eigenvalue weighted by atomic mass is 9.97. The highest BCUT2D eigenvalue weighted by Crippen LogP contribution is 2.18. The van der Waals surface area contributed by atoms with E-state index in [0.29, 0.717) is 0 Å². The minimum atomic E-state index is 0.00454. The van der Waals surface area contributed by atoms with Crippen LogP contribution in [0.1, 0.15) is 29.2 Å². The highest BCUT2D eigenvalue weighted by atomic mass is 16.3. The summed E-state index contributed by atoms with van der Waals surface area (Å²) in [4.78, 5) is 0. The fourth-order valence-corrected chi connectivity index (χ4v) is 1.63. The third kappa shape index (κ3) is 2.08. The summed E-state index contributed by atoms with van der Waals surface area (Å²) in [7, 11) is 0.